The van der Waals surface area contributed by atoms with Gasteiger partial charge in [-0.3, -0.25) is 0 Å². The van der Waals surface area contributed by atoms with Gasteiger partial charge in [-0.25, -0.2) is 4.79 Å². The summed E-state index contributed by atoms with van der Waals surface area (Å²) < 4.78 is 21.0. The van der Waals surface area contributed by atoms with Crippen LogP contribution in [-0.2, 0) is 19.0 Å². The number of aliphatic hydroxyl groups is 4. The van der Waals surface area contributed by atoms with Crippen LogP contribution in [0.3, 0.4) is 0 Å². The maximum absolute atomic E-state index is 12.3. The second-order valence-corrected chi connectivity index (χ2v) is 10.2. The fraction of sp³-hybridized carbons (Fsp3) is 0.233. The van der Waals surface area contributed by atoms with Gasteiger partial charge in [-0.05, 0) is 35.9 Å². The lowest BCUT2D eigenvalue weighted by Gasteiger charge is -2.40. The second kappa shape index (κ2) is 12.3. The second-order valence-electron chi connectivity index (χ2n) is 10.2. The minimum absolute atomic E-state index is 0.0626. The van der Waals surface area contributed by atoms with E-state index in [1.807, 2.05) is 0 Å². The first kappa shape index (κ1) is 31.1. The molecule has 0 aliphatic carbocycles. The van der Waals surface area contributed by atoms with E-state index < -0.39 is 78.1 Å². The van der Waals surface area contributed by atoms with Crippen LogP contribution >= 0.6 is 0 Å². The first-order valence-corrected chi connectivity index (χ1v) is 13.3. The molecular weight excluding hydrogens is 600 g/mol. The van der Waals surface area contributed by atoms with Crippen molar-refractivity contribution in [2.24, 2.45) is 0 Å². The predicted molar refractivity (Wildman–Crippen MR) is 151 cm³/mol. The molecule has 15 heteroatoms. The number of hydrogen-bond donors (Lipinski definition) is 10. The summed E-state index contributed by atoms with van der Waals surface area (Å²) in [5.41, 5.74) is 0.506. The van der Waals surface area contributed by atoms with Crippen LogP contribution in [-0.4, -0.2) is 99.1 Å². The lowest BCUT2D eigenvalue weighted by molar-refractivity contribution is -0.296. The number of carbonyl (C=O) groups is 1. The van der Waals surface area contributed by atoms with Gasteiger partial charge in [-0.1, -0.05) is 6.07 Å². The number of carbonyl (C=O) groups excluding carboxylic acids is 1. The molecule has 2 aliphatic rings. The molecule has 0 spiro atoms. The maximum atomic E-state index is 12.3. The molecule has 11 N–H and O–H groups in total. The highest BCUT2D eigenvalue weighted by Gasteiger charge is 2.47. The molecule has 1 fully saturated rings. The van der Waals surface area contributed by atoms with E-state index in [1.54, 1.807) is 0 Å². The van der Waals surface area contributed by atoms with Crippen LogP contribution in [0.4, 0.5) is 0 Å². The summed E-state index contributed by atoms with van der Waals surface area (Å²) in [5.74, 6) is -4.63. The highest BCUT2D eigenvalue weighted by Crippen LogP contribution is 2.47. The number of aromatic hydroxyl groups is 8. The summed E-state index contributed by atoms with van der Waals surface area (Å²) in [7, 11) is 0. The third-order valence-electron chi connectivity index (χ3n) is 7.08. The number of hydrogen-bond acceptors (Lipinski definition) is 14. The Balaban J connectivity index is 1.37. The van der Waals surface area contributed by atoms with Crippen molar-refractivity contribution in [2.75, 3.05) is 6.61 Å². The molecule has 45 heavy (non-hydrogen) atoms. The van der Waals surface area contributed by atoms with Crippen molar-refractivity contribution in [3.63, 3.8) is 0 Å². The predicted octanol–water partition coefficient (Wildman–Crippen LogP) is 1.04. The zero-order valence-corrected chi connectivity index (χ0v) is 23.0. The molecule has 0 aromatic heterocycles. The average Bonchev–Trinajstić information content (AvgIpc) is 2.99. The quantitative estimate of drug-likeness (QED) is 0.0758. The summed E-state index contributed by atoms with van der Waals surface area (Å²) in [6, 6.07) is 8.25. The number of phenols is 7. The molecule has 238 valence electrons. The van der Waals surface area contributed by atoms with E-state index in [-0.39, 0.29) is 34.1 Å². The zero-order chi connectivity index (χ0) is 32.6. The molecule has 0 amide bonds. The van der Waals surface area contributed by atoms with E-state index in [1.165, 1.54) is 36.4 Å². The molecule has 2 aliphatic heterocycles. The monoisotopic (exact) mass is 629 g/mol. The Kier molecular flexibility index (Phi) is 8.52. The Hall–Kier alpha value is -5.35. The molecule has 5 rings (SSSR count). The van der Waals surface area contributed by atoms with Gasteiger partial charge in [-0.15, -0.1) is 0 Å². The van der Waals surface area contributed by atoms with Gasteiger partial charge in [0.2, 0.25) is 6.29 Å². The lowest BCUT2D eigenvalue weighted by Crippen LogP contribution is -2.59. The van der Waals surface area contributed by atoms with Gasteiger partial charge in [0, 0.05) is 18.2 Å². The Labute approximate surface area is 253 Å². The minimum Gasteiger partial charge on any atom is -0.571 e. The van der Waals surface area contributed by atoms with Gasteiger partial charge in [-0.2, -0.15) is 0 Å². The van der Waals surface area contributed by atoms with E-state index >= 15 is 0 Å². The first-order chi connectivity index (χ1) is 21.3. The van der Waals surface area contributed by atoms with Crippen molar-refractivity contribution in [1.82, 2.24) is 0 Å². The number of rotatable bonds is 7. The number of phenolic OH excluding ortho intramolecular Hbond substituents is 7. The van der Waals surface area contributed by atoms with Crippen molar-refractivity contribution in [3.8, 4) is 46.0 Å². The molecule has 2 heterocycles. The fourth-order valence-corrected chi connectivity index (χ4v) is 4.71. The van der Waals surface area contributed by atoms with Crippen molar-refractivity contribution in [1.29, 1.82) is 0 Å². The van der Waals surface area contributed by atoms with Crippen LogP contribution in [0.2, 0.25) is 0 Å². The molecule has 6 atom stereocenters. The smallest absolute Gasteiger partial charge is 0.330 e. The van der Waals surface area contributed by atoms with Crippen LogP contribution in [0.1, 0.15) is 22.8 Å². The summed E-state index contributed by atoms with van der Waals surface area (Å²) in [6.07, 6.45) is -6.22. The number of ether oxygens (including phenoxy) is 4. The third-order valence-corrected chi connectivity index (χ3v) is 7.08. The Bertz CT molecular complexity index is 1640. The summed E-state index contributed by atoms with van der Waals surface area (Å²) in [6.45, 7) is -0.607. The highest BCUT2D eigenvalue weighted by molar-refractivity contribution is 5.87. The third kappa shape index (κ3) is 6.46. The molecule has 0 radical (unpaired) electrons. The topological polar surface area (TPSA) is 260 Å². The van der Waals surface area contributed by atoms with E-state index in [2.05, 4.69) is 4.74 Å². The number of aliphatic hydroxyl groups excluding tert-OH is 3. The fourth-order valence-electron chi connectivity index (χ4n) is 4.71. The number of esters is 1. The standard InChI is InChI=1S/C30H28O15/c31-14-8-17(33)15-10-22(29(43-21(15)9-14)13-6-19(35)25(38)20(36)7-13)44-30-28(41)27(40)26(39)23(45-30)11-42-24(37)4-2-12-1-3-16(32)18(34)5-12/h1-10,23,26-36,38-41H,11H2/p+1/b4-2+/t23-,26-,27+,28-,29?,30-/m1/s1. The Morgan fingerprint density at radius 2 is 1.53 bits per heavy atom. The van der Waals surface area contributed by atoms with Crippen molar-refractivity contribution >= 4 is 18.1 Å². The van der Waals surface area contributed by atoms with Crippen molar-refractivity contribution < 1.29 is 74.8 Å². The summed E-state index contributed by atoms with van der Waals surface area (Å²) >= 11 is 0. The first-order valence-electron chi connectivity index (χ1n) is 13.3. The van der Waals surface area contributed by atoms with Crippen molar-refractivity contribution in [3.05, 3.63) is 71.0 Å². The number of fused-ring (bicyclic) bond motifs is 1. The molecule has 1 saturated heterocycles. The number of benzene rings is 3. The van der Waals surface area contributed by atoms with Crippen LogP contribution in [0.15, 0.2) is 54.3 Å². The zero-order valence-electron chi connectivity index (χ0n) is 23.0. The molecule has 3 aromatic rings. The molecular formula is C30H29O15+. The van der Waals surface area contributed by atoms with Crippen LogP contribution in [0, 0.1) is 0 Å². The van der Waals surface area contributed by atoms with E-state index in [0.29, 0.717) is 5.56 Å². The highest BCUT2D eigenvalue weighted by atomic mass is 16.7. The van der Waals surface area contributed by atoms with Crippen molar-refractivity contribution in [2.45, 2.75) is 36.8 Å². The summed E-state index contributed by atoms with van der Waals surface area (Å²) in [5, 5.41) is 101. The summed E-state index contributed by atoms with van der Waals surface area (Å²) in [4.78, 5) is 12.3. The average molecular weight is 630 g/mol. The van der Waals surface area contributed by atoms with Gasteiger partial charge in [0.15, 0.2) is 34.5 Å². The largest absolute Gasteiger partial charge is 0.571 e. The normalized spacial score (nSPS) is 24.4. The van der Waals surface area contributed by atoms with Crippen LogP contribution in [0.5, 0.6) is 46.0 Å². The molecule has 15 nitrogen and oxygen atoms in total. The SMILES string of the molecule is O=C(/C=C/c1ccc(O)c(O)c1)OC[C@H]1O[C@@H](OC2=Cc3c(O)cc(O)cc3[OH+]C2c2cc(O)c(O)c(O)c2)[C@H](O)[C@@H](O)[C@@H]1O. The van der Waals surface area contributed by atoms with E-state index in [0.717, 1.165) is 24.3 Å². The molecule has 1 unspecified atom stereocenters. The Morgan fingerprint density at radius 3 is 2.22 bits per heavy atom. The maximum Gasteiger partial charge on any atom is 0.330 e. The van der Waals surface area contributed by atoms with Gasteiger partial charge in [0.05, 0.1) is 11.6 Å². The van der Waals surface area contributed by atoms with Gasteiger partial charge in [0.25, 0.3) is 11.9 Å². The van der Waals surface area contributed by atoms with Gasteiger partial charge in [0.1, 0.15) is 48.1 Å². The van der Waals surface area contributed by atoms with Gasteiger partial charge < -0.3 is 70.0 Å². The van der Waals surface area contributed by atoms with Crippen LogP contribution in [0.25, 0.3) is 12.2 Å². The molecule has 3 aromatic carbocycles. The van der Waals surface area contributed by atoms with E-state index in [4.69, 9.17) is 14.2 Å². The van der Waals surface area contributed by atoms with Crippen LogP contribution < -0.4 is 0 Å². The Morgan fingerprint density at radius 1 is 0.822 bits per heavy atom. The van der Waals surface area contributed by atoms with Gasteiger partial charge >= 0.3 is 5.97 Å². The molecule has 0 bridgehead atoms. The molecule has 0 saturated carbocycles. The van der Waals surface area contributed by atoms with E-state index in [9.17, 15) is 55.9 Å². The minimum atomic E-state index is -1.85. The lowest BCUT2D eigenvalue weighted by atomic mass is 9.98.